The van der Waals surface area contributed by atoms with Crippen LogP contribution >= 0.6 is 23.2 Å². The van der Waals surface area contributed by atoms with E-state index in [1.54, 1.807) is 18.2 Å². The summed E-state index contributed by atoms with van der Waals surface area (Å²) in [6.07, 6.45) is 2.44. The molecule has 0 spiro atoms. The molecular weight excluding hydrogens is 465 g/mol. The molecule has 0 saturated carbocycles. The Morgan fingerprint density at radius 1 is 1.30 bits per heavy atom. The number of piperidine rings is 1. The maximum Gasteiger partial charge on any atom is 0.315 e. The van der Waals surface area contributed by atoms with Gasteiger partial charge in [-0.25, -0.2) is 4.79 Å². The first kappa shape index (κ1) is 25.6. The third-order valence-electron chi connectivity index (χ3n) is 6.52. The molecule has 10 heteroatoms. The first-order valence-corrected chi connectivity index (χ1v) is 12.1. The minimum Gasteiger partial charge on any atom is -0.377 e. The van der Waals surface area contributed by atoms with E-state index in [2.05, 4.69) is 23.2 Å². The topological polar surface area (TPSA) is 112 Å². The van der Waals surface area contributed by atoms with E-state index >= 15 is 0 Å². The number of hydrogen-bond acceptors (Lipinski definition) is 5. The number of primary amides is 1. The zero-order chi connectivity index (χ0) is 24.0. The van der Waals surface area contributed by atoms with Crippen LogP contribution in [0.1, 0.15) is 31.7 Å². The fourth-order valence-corrected chi connectivity index (χ4v) is 4.94. The predicted molar refractivity (Wildman–Crippen MR) is 127 cm³/mol. The highest BCUT2D eigenvalue weighted by molar-refractivity contribution is 6.42. The second kappa shape index (κ2) is 11.4. The second-order valence-corrected chi connectivity index (χ2v) is 9.57. The summed E-state index contributed by atoms with van der Waals surface area (Å²) < 4.78 is 5.61. The number of likely N-dealkylation sites (tertiary alicyclic amines) is 1. The van der Waals surface area contributed by atoms with Crippen LogP contribution in [-0.4, -0.2) is 72.7 Å². The molecule has 33 heavy (non-hydrogen) atoms. The Balaban J connectivity index is 1.84. The normalized spacial score (nSPS) is 21.8. The Kier molecular flexibility index (Phi) is 8.82. The third-order valence-corrected chi connectivity index (χ3v) is 7.25. The number of carbonyl (C=O) groups excluding carboxylic acids is 2. The minimum absolute atomic E-state index is 0.187. The van der Waals surface area contributed by atoms with Crippen LogP contribution in [0.15, 0.2) is 18.2 Å². The van der Waals surface area contributed by atoms with E-state index in [0.717, 1.165) is 31.6 Å². The lowest BCUT2D eigenvalue weighted by molar-refractivity contribution is -0.131. The highest BCUT2D eigenvalue weighted by Crippen LogP contribution is 2.28. The number of hydrogen-bond donors (Lipinski definition) is 2. The molecule has 1 aromatic rings. The predicted octanol–water partition coefficient (Wildman–Crippen LogP) is 2.82. The quantitative estimate of drug-likeness (QED) is 0.603. The summed E-state index contributed by atoms with van der Waals surface area (Å²) in [4.78, 5) is 29.5. The molecule has 0 aliphatic carbocycles. The van der Waals surface area contributed by atoms with Gasteiger partial charge in [0.2, 0.25) is 5.91 Å². The average molecular weight is 496 g/mol. The van der Waals surface area contributed by atoms with Gasteiger partial charge in [0.25, 0.3) is 0 Å². The van der Waals surface area contributed by atoms with E-state index in [4.69, 9.17) is 33.7 Å². The smallest absolute Gasteiger partial charge is 0.315 e. The van der Waals surface area contributed by atoms with Crippen molar-refractivity contribution >= 4 is 35.1 Å². The lowest BCUT2D eigenvalue weighted by Gasteiger charge is -2.41. The summed E-state index contributed by atoms with van der Waals surface area (Å²) in [6.45, 7) is 5.45. The average Bonchev–Trinajstić information content (AvgIpc) is 2.81. The van der Waals surface area contributed by atoms with E-state index < -0.39 is 23.5 Å². The molecule has 2 saturated heterocycles. The Bertz CT molecular complexity index is 899. The van der Waals surface area contributed by atoms with E-state index in [-0.39, 0.29) is 12.5 Å². The van der Waals surface area contributed by atoms with Gasteiger partial charge < -0.3 is 25.6 Å². The summed E-state index contributed by atoms with van der Waals surface area (Å²) in [7, 11) is 0. The Hall–Kier alpha value is -2.05. The van der Waals surface area contributed by atoms with Crippen LogP contribution < -0.4 is 11.1 Å². The molecule has 0 bridgehead atoms. The molecule has 2 atom stereocenters. The number of morpholine rings is 1. The Labute approximate surface area is 204 Å². The highest BCUT2D eigenvalue weighted by Gasteiger charge is 2.42. The molecular formula is C23H31Cl2N5O3. The number of amides is 3. The molecule has 2 aliphatic rings. The molecule has 180 valence electrons. The lowest BCUT2D eigenvalue weighted by Crippen LogP contribution is -2.61. The van der Waals surface area contributed by atoms with E-state index in [1.807, 2.05) is 0 Å². The number of nitrogens with zero attached hydrogens (tertiary/aromatic N) is 3. The number of nitrogens with two attached hydrogens (primary N) is 1. The van der Waals surface area contributed by atoms with Crippen molar-refractivity contribution in [2.24, 2.45) is 11.7 Å². The van der Waals surface area contributed by atoms with Gasteiger partial charge in [-0.2, -0.15) is 5.26 Å². The fourth-order valence-electron chi connectivity index (χ4n) is 4.62. The van der Waals surface area contributed by atoms with Gasteiger partial charge in [0.05, 0.1) is 41.3 Å². The molecule has 3 amide bonds. The zero-order valence-electron chi connectivity index (χ0n) is 18.9. The number of ether oxygens (including phenoxy) is 1. The number of rotatable bonds is 7. The van der Waals surface area contributed by atoms with Crippen LogP contribution in [0.2, 0.25) is 10.0 Å². The molecule has 0 aromatic heterocycles. The van der Waals surface area contributed by atoms with Gasteiger partial charge >= 0.3 is 6.03 Å². The number of carbonyl (C=O) groups is 2. The number of nitrogens with one attached hydrogen (secondary N) is 1. The summed E-state index contributed by atoms with van der Waals surface area (Å²) in [5.41, 5.74) is 5.47. The number of nitriles is 1. The highest BCUT2D eigenvalue weighted by atomic mass is 35.5. The first-order chi connectivity index (χ1) is 15.8. The van der Waals surface area contributed by atoms with E-state index in [9.17, 15) is 14.9 Å². The van der Waals surface area contributed by atoms with Crippen LogP contribution in [0.4, 0.5) is 4.79 Å². The van der Waals surface area contributed by atoms with Gasteiger partial charge in [0.1, 0.15) is 5.54 Å². The summed E-state index contributed by atoms with van der Waals surface area (Å²) in [6, 6.07) is 6.39. The van der Waals surface area contributed by atoms with Crippen LogP contribution in [-0.2, 0) is 16.0 Å². The van der Waals surface area contributed by atoms with Crippen molar-refractivity contribution in [1.82, 2.24) is 15.1 Å². The van der Waals surface area contributed by atoms with Crippen molar-refractivity contribution in [2.75, 3.05) is 39.4 Å². The summed E-state index contributed by atoms with van der Waals surface area (Å²) in [5, 5.41) is 13.8. The molecule has 2 unspecified atom stereocenters. The fraction of sp³-hybridized carbons (Fsp3) is 0.609. The third kappa shape index (κ3) is 6.30. The second-order valence-electron chi connectivity index (χ2n) is 8.76. The van der Waals surface area contributed by atoms with Gasteiger partial charge in [0, 0.05) is 19.6 Å². The summed E-state index contributed by atoms with van der Waals surface area (Å²) in [5.74, 6) is -0.970. The van der Waals surface area contributed by atoms with Crippen molar-refractivity contribution in [2.45, 2.75) is 44.2 Å². The van der Waals surface area contributed by atoms with Gasteiger partial charge in [-0.05, 0) is 49.9 Å². The molecule has 0 radical (unpaired) electrons. The molecule has 8 nitrogen and oxygen atoms in total. The van der Waals surface area contributed by atoms with Crippen LogP contribution in [0, 0.1) is 17.2 Å². The van der Waals surface area contributed by atoms with E-state index in [1.165, 1.54) is 4.90 Å². The van der Waals surface area contributed by atoms with Crippen LogP contribution in [0.5, 0.6) is 0 Å². The Morgan fingerprint density at radius 3 is 2.64 bits per heavy atom. The summed E-state index contributed by atoms with van der Waals surface area (Å²) >= 11 is 12.2. The monoisotopic (exact) mass is 495 g/mol. The Morgan fingerprint density at radius 2 is 2.03 bits per heavy atom. The SMILES string of the molecule is CCCN1CCC(C#N)(NC(=O)C(Cc2ccc(Cl)c(Cl)c2)C2COCCN2C(N)=O)CC1. The molecule has 2 fully saturated rings. The molecule has 1 aromatic carbocycles. The first-order valence-electron chi connectivity index (χ1n) is 11.3. The van der Waals surface area contributed by atoms with Crippen molar-refractivity contribution in [1.29, 1.82) is 5.26 Å². The van der Waals surface area contributed by atoms with Gasteiger partial charge in [-0.15, -0.1) is 0 Å². The van der Waals surface area contributed by atoms with Crippen molar-refractivity contribution in [3.05, 3.63) is 33.8 Å². The standard InChI is InChI=1S/C23H31Cl2N5O3/c1-2-7-29-8-5-23(15-26,6-9-29)28-21(31)17(12-16-3-4-18(24)19(25)13-16)20-14-33-11-10-30(20)22(27)32/h3-4,13,17,20H,2,5-12,14H2,1H3,(H2,27,32)(H,28,31). The van der Waals surface area contributed by atoms with Gasteiger partial charge in [0.15, 0.2) is 0 Å². The lowest BCUT2D eigenvalue weighted by atomic mass is 9.85. The van der Waals surface area contributed by atoms with Gasteiger partial charge in [-0.3, -0.25) is 4.79 Å². The number of halogens is 2. The number of benzene rings is 1. The maximum atomic E-state index is 13.6. The minimum atomic E-state index is -0.940. The maximum absolute atomic E-state index is 13.6. The van der Waals surface area contributed by atoms with Crippen molar-refractivity contribution in [3.63, 3.8) is 0 Å². The number of urea groups is 1. The van der Waals surface area contributed by atoms with Crippen molar-refractivity contribution < 1.29 is 14.3 Å². The zero-order valence-corrected chi connectivity index (χ0v) is 20.4. The van der Waals surface area contributed by atoms with E-state index in [0.29, 0.717) is 42.5 Å². The molecule has 2 heterocycles. The molecule has 3 N–H and O–H groups in total. The molecule has 3 rings (SSSR count). The van der Waals surface area contributed by atoms with Crippen LogP contribution in [0.25, 0.3) is 0 Å². The van der Waals surface area contributed by atoms with Crippen molar-refractivity contribution in [3.8, 4) is 6.07 Å². The van der Waals surface area contributed by atoms with Crippen LogP contribution in [0.3, 0.4) is 0 Å². The van der Waals surface area contributed by atoms with Gasteiger partial charge in [-0.1, -0.05) is 36.2 Å². The molecule has 2 aliphatic heterocycles. The largest absolute Gasteiger partial charge is 0.377 e.